The highest BCUT2D eigenvalue weighted by Gasteiger charge is 2.05. The molecule has 72 valence electrons. The molecule has 0 saturated heterocycles. The van der Waals surface area contributed by atoms with Crippen molar-refractivity contribution in [3.8, 4) is 16.9 Å². The first-order valence-electron chi connectivity index (χ1n) is 4.31. The van der Waals surface area contributed by atoms with Gasteiger partial charge in [-0.05, 0) is 30.7 Å². The lowest BCUT2D eigenvalue weighted by atomic mass is 10.1. The normalized spacial score (nSPS) is 10.4. The molecule has 0 bridgehead atoms. The average Bonchev–Trinajstić information content (AvgIpc) is 2.56. The lowest BCUT2D eigenvalue weighted by Crippen LogP contribution is -1.79. The molecule has 0 atom stereocenters. The summed E-state index contributed by atoms with van der Waals surface area (Å²) in [4.78, 5) is 0. The van der Waals surface area contributed by atoms with E-state index in [0.717, 1.165) is 21.7 Å². The summed E-state index contributed by atoms with van der Waals surface area (Å²) in [6.07, 6.45) is 0. The topological polar surface area (TPSA) is 46.2 Å². The second-order valence-corrected chi connectivity index (χ2v) is 4.20. The van der Waals surface area contributed by atoms with E-state index in [-0.39, 0.29) is 0 Å². The maximum Gasteiger partial charge on any atom is 0.123 e. The number of hydrogen-bond donors (Lipinski definition) is 2. The number of benzene rings is 1. The van der Waals surface area contributed by atoms with Crippen LogP contribution in [0.15, 0.2) is 29.6 Å². The van der Waals surface area contributed by atoms with Crippen molar-refractivity contribution in [3.05, 3.63) is 35.2 Å². The Kier molecular flexibility index (Phi) is 2.17. The van der Waals surface area contributed by atoms with Crippen molar-refractivity contribution >= 4 is 16.3 Å². The van der Waals surface area contributed by atoms with Gasteiger partial charge in [0.05, 0.1) is 5.00 Å². The van der Waals surface area contributed by atoms with Crippen molar-refractivity contribution in [2.24, 2.45) is 0 Å². The predicted molar refractivity (Wildman–Crippen MR) is 60.6 cm³/mol. The van der Waals surface area contributed by atoms with E-state index in [1.54, 1.807) is 6.07 Å². The van der Waals surface area contributed by atoms with E-state index >= 15 is 0 Å². The van der Waals surface area contributed by atoms with Gasteiger partial charge in [-0.3, -0.25) is 0 Å². The molecule has 1 heterocycles. The van der Waals surface area contributed by atoms with Gasteiger partial charge in [-0.2, -0.15) is 0 Å². The van der Waals surface area contributed by atoms with Crippen LogP contribution in [0, 0.1) is 6.92 Å². The van der Waals surface area contributed by atoms with Gasteiger partial charge in [-0.25, -0.2) is 0 Å². The molecule has 14 heavy (non-hydrogen) atoms. The van der Waals surface area contributed by atoms with Crippen LogP contribution in [0.2, 0.25) is 0 Å². The Morgan fingerprint density at radius 3 is 2.71 bits per heavy atom. The number of aromatic hydroxyl groups is 1. The quantitative estimate of drug-likeness (QED) is 0.751. The number of phenols is 1. The molecule has 3 N–H and O–H groups in total. The summed E-state index contributed by atoms with van der Waals surface area (Å²) < 4.78 is 0. The van der Waals surface area contributed by atoms with E-state index in [1.165, 1.54) is 11.3 Å². The molecule has 0 aliphatic carbocycles. The maximum atomic E-state index is 9.66. The van der Waals surface area contributed by atoms with E-state index < -0.39 is 0 Å². The van der Waals surface area contributed by atoms with E-state index in [1.807, 2.05) is 30.5 Å². The number of anilines is 1. The van der Waals surface area contributed by atoms with Gasteiger partial charge in [0.15, 0.2) is 0 Å². The lowest BCUT2D eigenvalue weighted by Gasteiger charge is -2.02. The zero-order valence-corrected chi connectivity index (χ0v) is 8.64. The van der Waals surface area contributed by atoms with Gasteiger partial charge in [-0.1, -0.05) is 11.6 Å². The summed E-state index contributed by atoms with van der Waals surface area (Å²) >= 11 is 1.48. The highest BCUT2D eigenvalue weighted by molar-refractivity contribution is 7.14. The summed E-state index contributed by atoms with van der Waals surface area (Å²) in [6.45, 7) is 2.00. The van der Waals surface area contributed by atoms with Crippen LogP contribution in [0.5, 0.6) is 5.75 Å². The van der Waals surface area contributed by atoms with Crippen molar-refractivity contribution in [1.82, 2.24) is 0 Å². The number of thiophene rings is 1. The zero-order chi connectivity index (χ0) is 10.1. The summed E-state index contributed by atoms with van der Waals surface area (Å²) in [5, 5.41) is 12.4. The Hall–Kier alpha value is -1.48. The SMILES string of the molecule is Cc1ccc(O)c(-c2csc(N)c2)c1. The number of nitrogens with two attached hydrogens (primary N) is 1. The average molecular weight is 205 g/mol. The van der Waals surface area contributed by atoms with Crippen LogP contribution in [0.3, 0.4) is 0 Å². The first kappa shape index (κ1) is 9.09. The second-order valence-electron chi connectivity index (χ2n) is 3.26. The molecule has 0 spiro atoms. The van der Waals surface area contributed by atoms with Gasteiger partial charge in [-0.15, -0.1) is 11.3 Å². The summed E-state index contributed by atoms with van der Waals surface area (Å²) in [5.74, 6) is 0.299. The third kappa shape index (κ3) is 1.59. The maximum absolute atomic E-state index is 9.66. The number of hydrogen-bond acceptors (Lipinski definition) is 3. The highest BCUT2D eigenvalue weighted by atomic mass is 32.1. The fourth-order valence-corrected chi connectivity index (χ4v) is 2.03. The zero-order valence-electron chi connectivity index (χ0n) is 7.82. The first-order valence-corrected chi connectivity index (χ1v) is 5.19. The minimum absolute atomic E-state index is 0.299. The molecule has 0 aliphatic rings. The van der Waals surface area contributed by atoms with E-state index in [9.17, 15) is 5.11 Å². The van der Waals surface area contributed by atoms with Crippen LogP contribution in [-0.4, -0.2) is 5.11 Å². The van der Waals surface area contributed by atoms with Gasteiger partial charge in [0.25, 0.3) is 0 Å². The van der Waals surface area contributed by atoms with Crippen LogP contribution in [0.25, 0.3) is 11.1 Å². The summed E-state index contributed by atoms with van der Waals surface area (Å²) in [7, 11) is 0. The second kappa shape index (κ2) is 3.35. The third-order valence-electron chi connectivity index (χ3n) is 2.08. The number of aryl methyl sites for hydroxylation is 1. The predicted octanol–water partition coefficient (Wildman–Crippen LogP) is 3.01. The van der Waals surface area contributed by atoms with Crippen LogP contribution < -0.4 is 5.73 Å². The lowest BCUT2D eigenvalue weighted by molar-refractivity contribution is 0.477. The van der Waals surface area contributed by atoms with E-state index in [4.69, 9.17) is 5.73 Å². The molecule has 2 rings (SSSR count). The Morgan fingerprint density at radius 1 is 1.29 bits per heavy atom. The largest absolute Gasteiger partial charge is 0.507 e. The van der Waals surface area contributed by atoms with Gasteiger partial charge < -0.3 is 10.8 Å². The fraction of sp³-hybridized carbons (Fsp3) is 0.0909. The van der Waals surface area contributed by atoms with Crippen molar-refractivity contribution in [2.75, 3.05) is 5.73 Å². The van der Waals surface area contributed by atoms with Crippen LogP contribution >= 0.6 is 11.3 Å². The smallest absolute Gasteiger partial charge is 0.123 e. The molecule has 0 aliphatic heterocycles. The Balaban J connectivity index is 2.55. The number of rotatable bonds is 1. The molecule has 0 unspecified atom stereocenters. The Morgan fingerprint density at radius 2 is 2.07 bits per heavy atom. The Labute approximate surface area is 86.6 Å². The van der Waals surface area contributed by atoms with Crippen LogP contribution in [0.1, 0.15) is 5.56 Å². The summed E-state index contributed by atoms with van der Waals surface area (Å²) in [5.41, 5.74) is 8.59. The van der Waals surface area contributed by atoms with Crippen molar-refractivity contribution in [1.29, 1.82) is 0 Å². The third-order valence-corrected chi connectivity index (χ3v) is 2.84. The van der Waals surface area contributed by atoms with Gasteiger partial charge in [0.2, 0.25) is 0 Å². The molecular weight excluding hydrogens is 194 g/mol. The molecule has 2 nitrogen and oxygen atoms in total. The molecule has 0 fully saturated rings. The van der Waals surface area contributed by atoms with Gasteiger partial charge >= 0.3 is 0 Å². The molecule has 0 radical (unpaired) electrons. The van der Waals surface area contributed by atoms with Crippen LogP contribution in [-0.2, 0) is 0 Å². The van der Waals surface area contributed by atoms with Crippen molar-refractivity contribution in [3.63, 3.8) is 0 Å². The van der Waals surface area contributed by atoms with Gasteiger partial charge in [0.1, 0.15) is 5.75 Å². The molecule has 0 saturated carbocycles. The minimum atomic E-state index is 0.299. The van der Waals surface area contributed by atoms with E-state index in [2.05, 4.69) is 0 Å². The molecule has 1 aromatic carbocycles. The standard InChI is InChI=1S/C11H11NOS/c1-7-2-3-10(13)9(4-7)8-5-11(12)14-6-8/h2-6,13H,12H2,1H3. The van der Waals surface area contributed by atoms with Crippen molar-refractivity contribution in [2.45, 2.75) is 6.92 Å². The van der Waals surface area contributed by atoms with E-state index in [0.29, 0.717) is 5.75 Å². The Bertz CT molecular complexity index is 462. The monoisotopic (exact) mass is 205 g/mol. The summed E-state index contributed by atoms with van der Waals surface area (Å²) in [6, 6.07) is 7.42. The molecule has 0 amide bonds. The highest BCUT2D eigenvalue weighted by Crippen LogP contribution is 2.33. The van der Waals surface area contributed by atoms with Crippen molar-refractivity contribution < 1.29 is 5.11 Å². The molecule has 3 heteroatoms. The van der Waals surface area contributed by atoms with Crippen LogP contribution in [0.4, 0.5) is 5.00 Å². The molecule has 1 aromatic heterocycles. The number of phenolic OH excluding ortho intramolecular Hbond substituents is 1. The number of nitrogen functional groups attached to an aromatic ring is 1. The molecular formula is C11H11NOS. The van der Waals surface area contributed by atoms with Gasteiger partial charge in [0, 0.05) is 10.9 Å². The minimum Gasteiger partial charge on any atom is -0.507 e. The fourth-order valence-electron chi connectivity index (χ4n) is 1.38. The molecule has 2 aromatic rings. The first-order chi connectivity index (χ1) is 6.66.